The van der Waals surface area contributed by atoms with Crippen LogP contribution in [0.15, 0.2) is 23.1 Å². The van der Waals surface area contributed by atoms with Gasteiger partial charge in [0.2, 0.25) is 0 Å². The second kappa shape index (κ2) is 5.62. The molecule has 1 unspecified atom stereocenters. The number of benzene rings is 1. The number of aliphatic carboxylic acids is 1. The van der Waals surface area contributed by atoms with Crippen molar-refractivity contribution in [2.45, 2.75) is 23.5 Å². The summed E-state index contributed by atoms with van der Waals surface area (Å²) >= 11 is 0.853. The van der Waals surface area contributed by atoms with Crippen molar-refractivity contribution >= 4 is 23.4 Å². The average molecular weight is 259 g/mol. The van der Waals surface area contributed by atoms with Crippen LogP contribution in [0.1, 0.15) is 13.3 Å². The summed E-state index contributed by atoms with van der Waals surface area (Å²) in [5.41, 5.74) is -0.408. The van der Waals surface area contributed by atoms with Crippen LogP contribution in [0.25, 0.3) is 0 Å². The van der Waals surface area contributed by atoms with Crippen LogP contribution in [0.3, 0.4) is 0 Å². The summed E-state index contributed by atoms with van der Waals surface area (Å²) in [6.45, 7) is 1.67. The van der Waals surface area contributed by atoms with Crippen molar-refractivity contribution < 1.29 is 19.2 Å². The lowest BCUT2D eigenvalue weighted by Crippen LogP contribution is -2.14. The Morgan fingerprint density at radius 1 is 1.65 bits per heavy atom. The van der Waals surface area contributed by atoms with E-state index >= 15 is 0 Å². The Hall–Kier alpha value is -1.63. The molecule has 0 saturated heterocycles. The molecule has 1 aromatic carbocycles. The highest BCUT2D eigenvalue weighted by molar-refractivity contribution is 8.00. The highest BCUT2D eigenvalue weighted by Gasteiger charge is 2.22. The predicted molar refractivity (Wildman–Crippen MR) is 60.6 cm³/mol. The summed E-state index contributed by atoms with van der Waals surface area (Å²) in [7, 11) is 0. The van der Waals surface area contributed by atoms with Crippen molar-refractivity contribution in [2.24, 2.45) is 0 Å². The van der Waals surface area contributed by atoms with Gasteiger partial charge in [0, 0.05) is 0 Å². The standard InChI is InChI=1S/C10H10FNO4S/c1-2-8(10(13)14)17-9-4-3-6(11)5-7(9)12(15)16/h3-5,8H,2H2,1H3,(H,13,14). The van der Waals surface area contributed by atoms with Crippen molar-refractivity contribution in [1.29, 1.82) is 0 Å². The molecule has 5 nitrogen and oxygen atoms in total. The number of thioether (sulfide) groups is 1. The van der Waals surface area contributed by atoms with Gasteiger partial charge in [0.05, 0.1) is 15.9 Å². The van der Waals surface area contributed by atoms with Crippen LogP contribution in [0, 0.1) is 15.9 Å². The molecule has 1 N–H and O–H groups in total. The van der Waals surface area contributed by atoms with E-state index in [1.165, 1.54) is 6.07 Å². The third-order valence-corrected chi connectivity index (χ3v) is 3.45. The van der Waals surface area contributed by atoms with Gasteiger partial charge >= 0.3 is 5.97 Å². The number of halogens is 1. The number of hydrogen-bond donors (Lipinski definition) is 1. The molecule has 1 aromatic rings. The lowest BCUT2D eigenvalue weighted by atomic mass is 10.3. The molecule has 0 radical (unpaired) electrons. The summed E-state index contributed by atoms with van der Waals surface area (Å²) in [4.78, 5) is 20.9. The van der Waals surface area contributed by atoms with Crippen LogP contribution in [0.5, 0.6) is 0 Å². The fourth-order valence-corrected chi connectivity index (χ4v) is 2.17. The van der Waals surface area contributed by atoms with Crippen LogP contribution in [0.2, 0.25) is 0 Å². The Morgan fingerprint density at radius 2 is 2.29 bits per heavy atom. The quantitative estimate of drug-likeness (QED) is 0.499. The maximum absolute atomic E-state index is 12.9. The molecule has 0 heterocycles. The van der Waals surface area contributed by atoms with Crippen LogP contribution in [-0.2, 0) is 4.79 Å². The summed E-state index contributed by atoms with van der Waals surface area (Å²) in [6.07, 6.45) is 0.328. The minimum atomic E-state index is -1.05. The Labute approximate surface area is 101 Å². The Morgan fingerprint density at radius 3 is 2.76 bits per heavy atom. The molecule has 1 rings (SSSR count). The van der Waals surface area contributed by atoms with Gasteiger partial charge in [-0.05, 0) is 18.6 Å². The fraction of sp³-hybridized carbons (Fsp3) is 0.300. The minimum absolute atomic E-state index is 0.158. The predicted octanol–water partition coefficient (Wildman–Crippen LogP) is 2.69. The molecular weight excluding hydrogens is 249 g/mol. The first-order valence-corrected chi connectivity index (χ1v) is 5.67. The highest BCUT2D eigenvalue weighted by Crippen LogP contribution is 2.33. The maximum atomic E-state index is 12.9. The molecule has 0 spiro atoms. The Bertz CT molecular complexity index is 452. The lowest BCUT2D eigenvalue weighted by molar-refractivity contribution is -0.387. The molecule has 0 amide bonds. The van der Waals surface area contributed by atoms with Crippen molar-refractivity contribution in [3.63, 3.8) is 0 Å². The van der Waals surface area contributed by atoms with Crippen molar-refractivity contribution in [2.75, 3.05) is 0 Å². The minimum Gasteiger partial charge on any atom is -0.480 e. The van der Waals surface area contributed by atoms with Crippen LogP contribution < -0.4 is 0 Å². The average Bonchev–Trinajstić information content (AvgIpc) is 2.26. The number of carboxylic acid groups (broad SMARTS) is 1. The van der Waals surface area contributed by atoms with Crippen LogP contribution in [0.4, 0.5) is 10.1 Å². The number of nitro benzene ring substituents is 1. The molecule has 0 aliphatic carbocycles. The SMILES string of the molecule is CCC(Sc1ccc(F)cc1[N+](=O)[O-])C(=O)O. The van der Waals surface area contributed by atoms with Gasteiger partial charge in [-0.1, -0.05) is 6.92 Å². The summed E-state index contributed by atoms with van der Waals surface area (Å²) in [5.74, 6) is -1.76. The van der Waals surface area contributed by atoms with E-state index in [0.717, 1.165) is 23.9 Å². The topological polar surface area (TPSA) is 80.4 Å². The van der Waals surface area contributed by atoms with Crippen molar-refractivity contribution in [1.82, 2.24) is 0 Å². The van der Waals surface area contributed by atoms with Crippen LogP contribution in [-0.4, -0.2) is 21.2 Å². The lowest BCUT2D eigenvalue weighted by Gasteiger charge is -2.09. The zero-order valence-electron chi connectivity index (χ0n) is 8.92. The van der Waals surface area contributed by atoms with Crippen molar-refractivity contribution in [3.05, 3.63) is 34.1 Å². The molecule has 0 bridgehead atoms. The molecule has 0 fully saturated rings. The summed E-state index contributed by atoms with van der Waals surface area (Å²) < 4.78 is 12.9. The van der Waals surface area contributed by atoms with Gasteiger partial charge in [-0.3, -0.25) is 14.9 Å². The first kappa shape index (κ1) is 13.4. The van der Waals surface area contributed by atoms with E-state index in [4.69, 9.17) is 5.11 Å². The molecule has 0 aliphatic rings. The number of carbonyl (C=O) groups is 1. The van der Waals surface area contributed by atoms with E-state index in [-0.39, 0.29) is 4.90 Å². The fourth-order valence-electron chi connectivity index (χ4n) is 1.19. The van der Waals surface area contributed by atoms with Gasteiger partial charge in [-0.25, -0.2) is 4.39 Å². The molecule has 7 heteroatoms. The van der Waals surface area contributed by atoms with Gasteiger partial charge in [0.25, 0.3) is 5.69 Å². The van der Waals surface area contributed by atoms with E-state index in [2.05, 4.69) is 0 Å². The number of rotatable bonds is 5. The van der Waals surface area contributed by atoms with Crippen molar-refractivity contribution in [3.8, 4) is 0 Å². The first-order valence-electron chi connectivity index (χ1n) is 4.79. The molecule has 17 heavy (non-hydrogen) atoms. The van der Waals surface area contributed by atoms with E-state index in [0.29, 0.717) is 6.42 Å². The Kier molecular flexibility index (Phi) is 4.45. The highest BCUT2D eigenvalue weighted by atomic mass is 32.2. The molecule has 0 aromatic heterocycles. The van der Waals surface area contributed by atoms with E-state index < -0.39 is 27.6 Å². The third-order valence-electron chi connectivity index (χ3n) is 2.03. The number of hydrogen-bond acceptors (Lipinski definition) is 4. The second-order valence-electron chi connectivity index (χ2n) is 3.22. The molecule has 92 valence electrons. The molecular formula is C10H10FNO4S. The van der Waals surface area contributed by atoms with E-state index in [9.17, 15) is 19.3 Å². The summed E-state index contributed by atoms with van der Waals surface area (Å²) in [6, 6.07) is 3.09. The van der Waals surface area contributed by atoms with E-state index in [1.807, 2.05) is 0 Å². The number of nitro groups is 1. The third kappa shape index (κ3) is 3.42. The van der Waals surface area contributed by atoms with E-state index in [1.54, 1.807) is 6.92 Å². The zero-order valence-corrected chi connectivity index (χ0v) is 9.74. The maximum Gasteiger partial charge on any atom is 0.316 e. The Balaban J connectivity index is 3.05. The van der Waals surface area contributed by atoms with Gasteiger partial charge in [0.1, 0.15) is 11.1 Å². The smallest absolute Gasteiger partial charge is 0.316 e. The summed E-state index contributed by atoms with van der Waals surface area (Å²) in [5, 5.41) is 18.8. The monoisotopic (exact) mass is 259 g/mol. The number of carboxylic acids is 1. The van der Waals surface area contributed by atoms with Gasteiger partial charge < -0.3 is 5.11 Å². The van der Waals surface area contributed by atoms with Gasteiger partial charge in [0.15, 0.2) is 0 Å². The van der Waals surface area contributed by atoms with Crippen LogP contribution >= 0.6 is 11.8 Å². The number of nitrogens with zero attached hydrogens (tertiary/aromatic N) is 1. The molecule has 1 atom stereocenters. The van der Waals surface area contributed by atoms with Gasteiger partial charge in [-0.15, -0.1) is 11.8 Å². The largest absolute Gasteiger partial charge is 0.480 e. The van der Waals surface area contributed by atoms with Gasteiger partial charge in [-0.2, -0.15) is 0 Å². The zero-order chi connectivity index (χ0) is 13.0. The molecule has 0 aliphatic heterocycles. The normalized spacial score (nSPS) is 12.1. The molecule has 0 saturated carbocycles. The first-order chi connectivity index (χ1) is 7.95. The second-order valence-corrected chi connectivity index (χ2v) is 4.47.